The van der Waals surface area contributed by atoms with Gasteiger partial charge in [0.2, 0.25) is 0 Å². The van der Waals surface area contributed by atoms with Crippen LogP contribution in [0, 0.1) is 5.92 Å². The lowest BCUT2D eigenvalue weighted by atomic mass is 9.90. The normalized spacial score (nSPS) is 15.4. The van der Waals surface area contributed by atoms with Gasteiger partial charge in [0.15, 0.2) is 5.82 Å². The smallest absolute Gasteiger partial charge is 0.303 e. The van der Waals surface area contributed by atoms with Crippen LogP contribution in [0.5, 0.6) is 0 Å². The minimum atomic E-state index is -0.770. The lowest BCUT2D eigenvalue weighted by Crippen LogP contribution is -2.35. The van der Waals surface area contributed by atoms with E-state index < -0.39 is 5.97 Å². The highest BCUT2D eigenvalue weighted by Crippen LogP contribution is 2.33. The Morgan fingerprint density at radius 2 is 2.08 bits per heavy atom. The average molecular weight is 528 g/mol. The first-order chi connectivity index (χ1) is 18.5. The molecule has 2 heterocycles. The van der Waals surface area contributed by atoms with E-state index in [1.165, 1.54) is 12.8 Å². The van der Waals surface area contributed by atoms with Crippen molar-refractivity contribution in [3.63, 3.8) is 0 Å². The number of aryl methyl sites for hydroxylation is 1. The van der Waals surface area contributed by atoms with Crippen molar-refractivity contribution in [2.24, 2.45) is 11.0 Å². The molecule has 1 atom stereocenters. The van der Waals surface area contributed by atoms with E-state index in [4.69, 9.17) is 14.8 Å². The molecule has 2 aromatic heterocycles. The summed E-state index contributed by atoms with van der Waals surface area (Å²) in [6, 6.07) is 1.50. The van der Waals surface area contributed by atoms with Crippen LogP contribution in [0.15, 0.2) is 29.6 Å². The van der Waals surface area contributed by atoms with Gasteiger partial charge in [0.1, 0.15) is 5.69 Å². The van der Waals surface area contributed by atoms with Crippen LogP contribution in [-0.4, -0.2) is 63.0 Å². The summed E-state index contributed by atoms with van der Waals surface area (Å²) >= 11 is 0. The van der Waals surface area contributed by atoms with Crippen LogP contribution in [0.4, 0.5) is 0 Å². The van der Waals surface area contributed by atoms with E-state index in [0.29, 0.717) is 44.4 Å². The molecule has 11 heteroatoms. The van der Waals surface area contributed by atoms with Crippen LogP contribution < -0.4 is 10.6 Å². The molecule has 0 aliphatic heterocycles. The van der Waals surface area contributed by atoms with Crippen LogP contribution in [0.25, 0.3) is 6.08 Å². The van der Waals surface area contributed by atoms with Crippen molar-refractivity contribution in [2.45, 2.75) is 77.3 Å². The maximum atomic E-state index is 13.2. The zero-order valence-corrected chi connectivity index (χ0v) is 22.3. The largest absolute Gasteiger partial charge is 0.481 e. The second-order valence-corrected chi connectivity index (χ2v) is 9.51. The van der Waals surface area contributed by atoms with Gasteiger partial charge in [0.25, 0.3) is 5.91 Å². The summed E-state index contributed by atoms with van der Waals surface area (Å²) in [5.74, 6) is -0.0180. The molecule has 0 spiro atoms. The predicted molar refractivity (Wildman–Crippen MR) is 146 cm³/mol. The second kappa shape index (κ2) is 15.8. The number of unbranched alkanes of at least 4 members (excludes halogenated alkanes) is 1. The first kappa shape index (κ1) is 29.2. The summed E-state index contributed by atoms with van der Waals surface area (Å²) in [5, 5.41) is 23.4. The van der Waals surface area contributed by atoms with Crippen molar-refractivity contribution < 1.29 is 19.4 Å². The second-order valence-electron chi connectivity index (χ2n) is 9.51. The van der Waals surface area contributed by atoms with Crippen molar-refractivity contribution in [2.75, 3.05) is 19.9 Å². The van der Waals surface area contributed by atoms with E-state index in [9.17, 15) is 9.59 Å². The van der Waals surface area contributed by atoms with E-state index in [-0.39, 0.29) is 24.3 Å². The van der Waals surface area contributed by atoms with Crippen molar-refractivity contribution >= 4 is 24.7 Å². The maximum Gasteiger partial charge on any atom is 0.303 e. The highest BCUT2D eigenvalue weighted by molar-refractivity contribution is 5.92. The average Bonchev–Trinajstić information content (AvgIpc) is 3.47. The summed E-state index contributed by atoms with van der Waals surface area (Å²) in [7, 11) is 0. The Morgan fingerprint density at radius 1 is 1.29 bits per heavy atom. The summed E-state index contributed by atoms with van der Waals surface area (Å²) < 4.78 is 8.89. The molecule has 1 fully saturated rings. The number of hydrogen-bond donors (Lipinski definition) is 3. The fourth-order valence-corrected chi connectivity index (χ4v) is 4.80. The van der Waals surface area contributed by atoms with Crippen LogP contribution in [-0.2, 0) is 16.1 Å². The summed E-state index contributed by atoms with van der Waals surface area (Å²) in [5.41, 5.74) is 1.31. The SMILES string of the molecule is C=Nn1cc([C@@H](NC(=O)c2ccnn2CC)C2CCCCCC2)nc1/C=C\COCNCCCCC(=O)O. The molecule has 0 bridgehead atoms. The number of rotatable bonds is 16. The topological polar surface area (TPSA) is 136 Å². The molecule has 3 rings (SSSR count). The van der Waals surface area contributed by atoms with E-state index in [0.717, 1.165) is 37.8 Å². The third-order valence-corrected chi connectivity index (χ3v) is 6.79. The lowest BCUT2D eigenvalue weighted by molar-refractivity contribution is -0.137. The molecule has 1 amide bonds. The molecule has 11 nitrogen and oxygen atoms in total. The van der Waals surface area contributed by atoms with E-state index >= 15 is 0 Å². The monoisotopic (exact) mass is 527 g/mol. The number of carboxylic acids is 1. The van der Waals surface area contributed by atoms with Gasteiger partial charge in [-0.05, 0) is 57.2 Å². The minimum absolute atomic E-state index is 0.152. The highest BCUT2D eigenvalue weighted by Gasteiger charge is 2.29. The number of carboxylic acid groups (broad SMARTS) is 1. The summed E-state index contributed by atoms with van der Waals surface area (Å²) in [6.07, 6.45) is 15.6. The fourth-order valence-electron chi connectivity index (χ4n) is 4.80. The van der Waals surface area contributed by atoms with Gasteiger partial charge < -0.3 is 15.2 Å². The lowest BCUT2D eigenvalue weighted by Gasteiger charge is -2.26. The molecule has 38 heavy (non-hydrogen) atoms. The Bertz CT molecular complexity index is 1050. The van der Waals surface area contributed by atoms with Crippen LogP contribution in [0.2, 0.25) is 0 Å². The van der Waals surface area contributed by atoms with Crippen LogP contribution in [0.3, 0.4) is 0 Å². The molecule has 0 radical (unpaired) electrons. The highest BCUT2D eigenvalue weighted by atomic mass is 16.5. The van der Waals surface area contributed by atoms with E-state index in [1.807, 2.05) is 25.3 Å². The standard InChI is InChI=1S/C27H41N7O4/c1-3-33-23(15-17-30-33)27(37)32-26(21-11-6-4-5-7-12-21)22-19-34(28-2)24(31-22)13-10-18-38-20-29-16-9-8-14-25(35)36/h10,13,15,17,19,21,26,29H,2-9,11-12,14,16,18,20H2,1H3,(H,32,37)(H,35,36)/b13-10-/t26-/m0/s1. The number of imidazole rings is 1. The fraction of sp³-hybridized carbons (Fsp3) is 0.593. The number of hydrogen-bond acceptors (Lipinski definition) is 7. The zero-order valence-electron chi connectivity index (χ0n) is 22.3. The molecule has 2 aromatic rings. The number of amides is 1. The Balaban J connectivity index is 1.63. The molecule has 208 valence electrons. The number of carbonyl (C=O) groups excluding carboxylic acids is 1. The zero-order chi connectivity index (χ0) is 27.2. The molecule has 1 aliphatic rings. The molecule has 0 saturated heterocycles. The number of carbonyl (C=O) groups is 2. The van der Waals surface area contributed by atoms with Gasteiger partial charge in [-0.3, -0.25) is 19.6 Å². The number of aromatic nitrogens is 4. The Morgan fingerprint density at radius 3 is 2.79 bits per heavy atom. The molecular weight excluding hydrogens is 486 g/mol. The molecule has 1 saturated carbocycles. The van der Waals surface area contributed by atoms with E-state index in [1.54, 1.807) is 21.6 Å². The van der Waals surface area contributed by atoms with Crippen molar-refractivity contribution in [1.29, 1.82) is 0 Å². The van der Waals surface area contributed by atoms with Crippen LogP contribution in [0.1, 0.15) is 92.8 Å². The van der Waals surface area contributed by atoms with Crippen molar-refractivity contribution in [3.05, 3.63) is 41.7 Å². The van der Waals surface area contributed by atoms with Crippen LogP contribution >= 0.6 is 0 Å². The number of nitrogens with one attached hydrogen (secondary N) is 2. The third kappa shape index (κ3) is 8.91. The molecular formula is C27H41N7O4. The minimum Gasteiger partial charge on any atom is -0.481 e. The number of aliphatic carboxylic acids is 1. The third-order valence-electron chi connectivity index (χ3n) is 6.79. The number of ether oxygens (including phenoxy) is 1. The van der Waals surface area contributed by atoms with Gasteiger partial charge in [0, 0.05) is 25.9 Å². The maximum absolute atomic E-state index is 13.2. The first-order valence-electron chi connectivity index (χ1n) is 13.6. The molecule has 1 aliphatic carbocycles. The predicted octanol–water partition coefficient (Wildman–Crippen LogP) is 3.84. The van der Waals surface area contributed by atoms with Gasteiger partial charge >= 0.3 is 5.97 Å². The summed E-state index contributed by atoms with van der Waals surface area (Å²) in [6.45, 7) is 7.73. The van der Waals surface area contributed by atoms with Gasteiger partial charge in [-0.15, -0.1) is 0 Å². The van der Waals surface area contributed by atoms with Crippen molar-refractivity contribution in [3.8, 4) is 0 Å². The quantitative estimate of drug-likeness (QED) is 0.131. The van der Waals surface area contributed by atoms with Gasteiger partial charge in [0.05, 0.1) is 31.3 Å². The Labute approximate surface area is 224 Å². The van der Waals surface area contributed by atoms with Gasteiger partial charge in [-0.25, -0.2) is 9.66 Å². The molecule has 3 N–H and O–H groups in total. The summed E-state index contributed by atoms with van der Waals surface area (Å²) in [4.78, 5) is 28.6. The molecule has 0 unspecified atom stereocenters. The Kier molecular flexibility index (Phi) is 12.2. The van der Waals surface area contributed by atoms with Gasteiger partial charge in [-0.1, -0.05) is 31.8 Å². The van der Waals surface area contributed by atoms with E-state index in [2.05, 4.69) is 27.6 Å². The van der Waals surface area contributed by atoms with Gasteiger partial charge in [-0.2, -0.15) is 10.2 Å². The number of nitrogens with zero attached hydrogens (tertiary/aromatic N) is 5. The van der Waals surface area contributed by atoms with Crippen molar-refractivity contribution in [1.82, 2.24) is 30.1 Å². The molecule has 0 aromatic carbocycles. The Hall–Kier alpha value is -3.31. The first-order valence-corrected chi connectivity index (χ1v) is 13.6.